The summed E-state index contributed by atoms with van der Waals surface area (Å²) in [6.07, 6.45) is 2.36. The Morgan fingerprint density at radius 3 is 2.64 bits per heavy atom. The monoisotopic (exact) mass is 529 g/mol. The van der Waals surface area contributed by atoms with E-state index in [-0.39, 0.29) is 17.5 Å². The fourth-order valence-electron chi connectivity index (χ4n) is 4.82. The molecule has 36 heavy (non-hydrogen) atoms. The molecule has 8 nitrogen and oxygen atoms in total. The summed E-state index contributed by atoms with van der Waals surface area (Å²) >= 11 is 7.68. The molecule has 1 atom stereocenters. The van der Waals surface area contributed by atoms with Crippen molar-refractivity contribution in [2.45, 2.75) is 58.2 Å². The third-order valence-electron chi connectivity index (χ3n) is 6.72. The van der Waals surface area contributed by atoms with Crippen LogP contribution in [-0.2, 0) is 16.0 Å². The lowest BCUT2D eigenvalue weighted by atomic mass is 10.0. The average Bonchev–Trinajstić information content (AvgIpc) is 3.22. The number of carbonyl (C=O) groups is 2. The SMILES string of the molecule is COC(=O)c1ccc(Cn2c([C@@H]3CC4(CC4)CN3C(=O)OC(C)(C)C)nc3cccc(Cl)c3c2=O)s1. The molecule has 190 valence electrons. The molecule has 0 unspecified atom stereocenters. The van der Waals surface area contributed by atoms with Gasteiger partial charge in [-0.25, -0.2) is 14.6 Å². The van der Waals surface area contributed by atoms with E-state index in [1.807, 2.05) is 20.8 Å². The van der Waals surface area contributed by atoms with Crippen molar-refractivity contribution in [2.24, 2.45) is 5.41 Å². The number of halogens is 1. The molecule has 1 aliphatic heterocycles. The van der Waals surface area contributed by atoms with Crippen LogP contribution in [0, 0.1) is 5.41 Å². The van der Waals surface area contributed by atoms with Gasteiger partial charge < -0.3 is 9.47 Å². The standard InChI is InChI=1S/C26H28ClN3O5S/c1-25(2,3)35-24(33)30-14-26(10-11-26)12-18(30)21-28-17-7-5-6-16(27)20(17)22(31)29(21)13-15-8-9-19(36-15)23(32)34-4/h5-9,18H,10-14H2,1-4H3/t18-/m0/s1. The second-order valence-electron chi connectivity index (χ2n) is 10.6. The minimum Gasteiger partial charge on any atom is -0.465 e. The lowest BCUT2D eigenvalue weighted by molar-refractivity contribution is 0.0208. The van der Waals surface area contributed by atoms with Crippen molar-refractivity contribution < 1.29 is 19.1 Å². The summed E-state index contributed by atoms with van der Waals surface area (Å²) in [5.74, 6) is 0.0680. The topological polar surface area (TPSA) is 90.7 Å². The van der Waals surface area contributed by atoms with E-state index in [0.29, 0.717) is 39.6 Å². The second-order valence-corrected chi connectivity index (χ2v) is 12.2. The first-order valence-electron chi connectivity index (χ1n) is 11.9. The predicted molar refractivity (Wildman–Crippen MR) is 138 cm³/mol. The van der Waals surface area contributed by atoms with Crippen molar-refractivity contribution in [1.29, 1.82) is 0 Å². The number of thiophene rings is 1. The van der Waals surface area contributed by atoms with Gasteiger partial charge in [-0.3, -0.25) is 14.3 Å². The molecule has 0 N–H and O–H groups in total. The highest BCUT2D eigenvalue weighted by molar-refractivity contribution is 7.13. The summed E-state index contributed by atoms with van der Waals surface area (Å²) in [7, 11) is 1.33. The average molecular weight is 530 g/mol. The molecule has 1 saturated carbocycles. The zero-order valence-electron chi connectivity index (χ0n) is 20.7. The smallest absolute Gasteiger partial charge is 0.410 e. The van der Waals surface area contributed by atoms with Gasteiger partial charge in [-0.05, 0) is 69.7 Å². The molecule has 1 aromatic carbocycles. The highest BCUT2D eigenvalue weighted by Gasteiger charge is 2.55. The number of methoxy groups -OCH3 is 1. The van der Waals surface area contributed by atoms with Crippen molar-refractivity contribution in [1.82, 2.24) is 14.5 Å². The third kappa shape index (κ3) is 4.62. The van der Waals surface area contributed by atoms with Gasteiger partial charge in [0.1, 0.15) is 16.3 Å². The first-order valence-corrected chi connectivity index (χ1v) is 13.1. The fraction of sp³-hybridized carbons (Fsp3) is 0.462. The number of likely N-dealkylation sites (tertiary alicyclic amines) is 1. The maximum atomic E-state index is 13.8. The first kappa shape index (κ1) is 24.8. The number of hydrogen-bond acceptors (Lipinski definition) is 7. The van der Waals surface area contributed by atoms with E-state index < -0.39 is 23.7 Å². The highest BCUT2D eigenvalue weighted by atomic mass is 35.5. The van der Waals surface area contributed by atoms with Gasteiger partial charge in [-0.1, -0.05) is 17.7 Å². The Hall–Kier alpha value is -2.91. The molecule has 1 aliphatic carbocycles. The van der Waals surface area contributed by atoms with Crippen LogP contribution in [0.25, 0.3) is 10.9 Å². The van der Waals surface area contributed by atoms with Gasteiger partial charge in [0.25, 0.3) is 5.56 Å². The Morgan fingerprint density at radius 2 is 1.97 bits per heavy atom. The van der Waals surface area contributed by atoms with Gasteiger partial charge in [0.2, 0.25) is 0 Å². The van der Waals surface area contributed by atoms with Crippen LogP contribution in [0.3, 0.4) is 0 Å². The van der Waals surface area contributed by atoms with Gasteiger partial charge >= 0.3 is 12.1 Å². The summed E-state index contributed by atoms with van der Waals surface area (Å²) in [6, 6.07) is 8.25. The highest BCUT2D eigenvalue weighted by Crippen LogP contribution is 2.58. The largest absolute Gasteiger partial charge is 0.465 e. The van der Waals surface area contributed by atoms with E-state index in [9.17, 15) is 14.4 Å². The van der Waals surface area contributed by atoms with Crippen LogP contribution in [0.4, 0.5) is 4.79 Å². The number of amides is 1. The maximum Gasteiger partial charge on any atom is 0.410 e. The van der Waals surface area contributed by atoms with Gasteiger partial charge in [0.05, 0.1) is 35.6 Å². The van der Waals surface area contributed by atoms with Crippen molar-refractivity contribution in [2.75, 3.05) is 13.7 Å². The van der Waals surface area contributed by atoms with E-state index in [1.54, 1.807) is 39.8 Å². The fourth-order valence-corrected chi connectivity index (χ4v) is 5.98. The number of carbonyl (C=O) groups excluding carboxylic acids is 2. The van der Waals surface area contributed by atoms with Gasteiger partial charge in [-0.15, -0.1) is 11.3 Å². The number of hydrogen-bond donors (Lipinski definition) is 0. The first-order chi connectivity index (χ1) is 17.0. The molecular formula is C26H28ClN3O5S. The van der Waals surface area contributed by atoms with Crippen molar-refractivity contribution in [3.05, 3.63) is 61.3 Å². The molecule has 1 spiro atoms. The zero-order chi connectivity index (χ0) is 25.8. The van der Waals surface area contributed by atoms with Crippen LogP contribution < -0.4 is 5.56 Å². The molecule has 2 aromatic heterocycles. The van der Waals surface area contributed by atoms with Crippen LogP contribution in [-0.4, -0.2) is 45.8 Å². The Kier molecular flexibility index (Phi) is 6.11. The van der Waals surface area contributed by atoms with Crippen LogP contribution in [0.1, 0.15) is 66.4 Å². The van der Waals surface area contributed by atoms with Gasteiger partial charge in [0.15, 0.2) is 0 Å². The molecule has 2 aliphatic rings. The van der Waals surface area contributed by atoms with E-state index in [4.69, 9.17) is 26.1 Å². The minimum absolute atomic E-state index is 0.0361. The second kappa shape index (κ2) is 8.88. The number of benzene rings is 1. The lowest BCUT2D eigenvalue weighted by Gasteiger charge is -2.29. The molecule has 0 radical (unpaired) electrons. The van der Waals surface area contributed by atoms with E-state index >= 15 is 0 Å². The summed E-state index contributed by atoms with van der Waals surface area (Å²) < 4.78 is 12.1. The predicted octanol–water partition coefficient (Wildman–Crippen LogP) is 5.41. The molecule has 3 heterocycles. The van der Waals surface area contributed by atoms with Crippen LogP contribution >= 0.6 is 22.9 Å². The Morgan fingerprint density at radius 1 is 1.22 bits per heavy atom. The van der Waals surface area contributed by atoms with Crippen molar-refractivity contribution >= 4 is 45.9 Å². The van der Waals surface area contributed by atoms with E-state index in [2.05, 4.69) is 0 Å². The molecule has 2 fully saturated rings. The van der Waals surface area contributed by atoms with Gasteiger partial charge in [-0.2, -0.15) is 0 Å². The summed E-state index contributed by atoms with van der Waals surface area (Å²) in [6.45, 7) is 6.28. The van der Waals surface area contributed by atoms with E-state index in [0.717, 1.165) is 17.7 Å². The number of nitrogens with zero attached hydrogens (tertiary/aromatic N) is 3. The van der Waals surface area contributed by atoms with E-state index in [1.165, 1.54) is 18.4 Å². The number of fused-ring (bicyclic) bond motifs is 1. The molecule has 10 heteroatoms. The molecular weight excluding hydrogens is 502 g/mol. The third-order valence-corrected chi connectivity index (χ3v) is 8.08. The van der Waals surface area contributed by atoms with Crippen LogP contribution in [0.5, 0.6) is 0 Å². The summed E-state index contributed by atoms with van der Waals surface area (Å²) in [5, 5.41) is 0.649. The molecule has 3 aromatic rings. The normalized spacial score (nSPS) is 18.6. The Bertz CT molecular complexity index is 1420. The number of esters is 1. The lowest BCUT2D eigenvalue weighted by Crippen LogP contribution is -2.39. The quantitative estimate of drug-likeness (QED) is 0.420. The molecule has 1 amide bonds. The summed E-state index contributed by atoms with van der Waals surface area (Å²) in [4.78, 5) is 46.9. The van der Waals surface area contributed by atoms with Crippen molar-refractivity contribution in [3.63, 3.8) is 0 Å². The number of aromatic nitrogens is 2. The number of rotatable bonds is 4. The van der Waals surface area contributed by atoms with Gasteiger partial charge in [0, 0.05) is 11.4 Å². The molecule has 5 rings (SSSR count). The number of ether oxygens (including phenoxy) is 2. The minimum atomic E-state index is -0.647. The Balaban J connectivity index is 1.63. The maximum absolute atomic E-state index is 13.8. The van der Waals surface area contributed by atoms with Crippen LogP contribution in [0.15, 0.2) is 35.1 Å². The molecule has 1 saturated heterocycles. The summed E-state index contributed by atoms with van der Waals surface area (Å²) in [5.41, 5.74) is -0.406. The molecule has 0 bridgehead atoms. The zero-order valence-corrected chi connectivity index (χ0v) is 22.2. The van der Waals surface area contributed by atoms with Crippen molar-refractivity contribution in [3.8, 4) is 0 Å². The van der Waals surface area contributed by atoms with Crippen LogP contribution in [0.2, 0.25) is 5.02 Å². The Labute approximate surface area is 217 Å².